The van der Waals surface area contributed by atoms with Crippen molar-refractivity contribution in [3.05, 3.63) is 109 Å². The molecule has 5 heterocycles. The summed E-state index contributed by atoms with van der Waals surface area (Å²) in [6.45, 7) is 0. The zero-order valence-electron chi connectivity index (χ0n) is 21.9. The van der Waals surface area contributed by atoms with Crippen LogP contribution in [0.4, 0.5) is 0 Å². The van der Waals surface area contributed by atoms with E-state index >= 15 is 0 Å². The van der Waals surface area contributed by atoms with Crippen LogP contribution < -0.4 is 9.97 Å². The fraction of sp³-hybridized carbons (Fsp3) is 0.0625. The summed E-state index contributed by atoms with van der Waals surface area (Å²) in [5.74, 6) is 2.39. The van der Waals surface area contributed by atoms with E-state index in [9.17, 15) is 0 Å². The van der Waals surface area contributed by atoms with Crippen molar-refractivity contribution in [3.63, 3.8) is 0 Å². The van der Waals surface area contributed by atoms with E-state index in [1.807, 2.05) is 84.9 Å². The maximum atomic E-state index is 8.25. The van der Waals surface area contributed by atoms with E-state index in [4.69, 9.17) is 43.2 Å². The molecule has 0 radical (unpaired) electrons. The zero-order chi connectivity index (χ0) is 28.2. The van der Waals surface area contributed by atoms with Gasteiger partial charge in [0.1, 0.15) is 0 Å². The molecule has 2 unspecified atom stereocenters. The summed E-state index contributed by atoms with van der Waals surface area (Å²) in [4.78, 5) is 39.5. The van der Waals surface area contributed by atoms with Crippen molar-refractivity contribution in [2.75, 3.05) is 0 Å². The first kappa shape index (κ1) is 24.8. The Morgan fingerprint density at radius 1 is 0.476 bits per heavy atom. The van der Waals surface area contributed by atoms with E-state index in [1.165, 1.54) is 0 Å². The van der Waals surface area contributed by atoms with Gasteiger partial charge in [0.05, 0.1) is 23.3 Å². The number of fused-ring (bicyclic) bond motifs is 20. The van der Waals surface area contributed by atoms with Crippen LogP contribution in [0.25, 0.3) is 66.9 Å². The van der Waals surface area contributed by atoms with Gasteiger partial charge < -0.3 is 29.9 Å². The van der Waals surface area contributed by atoms with E-state index in [0.717, 1.165) is 53.1 Å². The zero-order valence-corrected chi connectivity index (χ0v) is 23.4. The Morgan fingerprint density at radius 3 is 1.29 bits per heavy atom. The third-order valence-corrected chi connectivity index (χ3v) is 7.69. The van der Waals surface area contributed by atoms with Crippen LogP contribution in [-0.2, 0) is 23.7 Å². The molecule has 2 atom stereocenters. The van der Waals surface area contributed by atoms with Crippen molar-refractivity contribution in [1.29, 1.82) is 0 Å². The summed E-state index contributed by atoms with van der Waals surface area (Å²) in [7, 11) is 0. The van der Waals surface area contributed by atoms with Crippen LogP contribution in [0.1, 0.15) is 23.5 Å². The predicted octanol–water partition coefficient (Wildman–Crippen LogP) is 5.67. The molecule has 196 valence electrons. The topological polar surface area (TPSA) is 123 Å². The van der Waals surface area contributed by atoms with Gasteiger partial charge in [-0.3, -0.25) is 4.98 Å². The number of nitrogens with zero attached hydrogens (tertiary/aromatic N) is 8. The third kappa shape index (κ3) is 3.82. The Hall–Kier alpha value is -4.99. The van der Waals surface area contributed by atoms with Crippen molar-refractivity contribution in [1.82, 2.24) is 39.9 Å². The Kier molecular flexibility index (Phi) is 5.80. The molecule has 9 rings (SSSR count). The molecule has 6 aromatic rings. The summed E-state index contributed by atoms with van der Waals surface area (Å²) in [5.41, 5.74) is 4.11. The van der Waals surface area contributed by atoms with Gasteiger partial charge in [-0.25, -0.2) is 4.98 Å². The summed E-state index contributed by atoms with van der Waals surface area (Å²) in [6, 6.07) is 24.0. The Balaban J connectivity index is 0.00000131. The van der Waals surface area contributed by atoms with E-state index in [1.54, 1.807) is 0 Å². The van der Waals surface area contributed by atoms with E-state index in [-0.39, 0.29) is 11.8 Å². The molecular weight excluding hydrogens is 560 g/mol. The molecule has 0 N–H and O–H groups in total. The number of aromatic nitrogens is 8. The first-order chi connectivity index (χ1) is 20.8. The van der Waals surface area contributed by atoms with Gasteiger partial charge >= 0.3 is 23.7 Å². The molecule has 0 spiro atoms. The fourth-order valence-corrected chi connectivity index (χ4v) is 5.78. The quantitative estimate of drug-likeness (QED) is 0.210. The first-order valence-corrected chi connectivity index (χ1v) is 14.0. The normalized spacial score (nSPS) is 16.6. The van der Waals surface area contributed by atoms with E-state index < -0.39 is 0 Å². The van der Waals surface area contributed by atoms with E-state index in [2.05, 4.69) is 12.2 Å². The summed E-state index contributed by atoms with van der Waals surface area (Å²) in [6.07, 6.45) is 8.31. The molecule has 0 saturated heterocycles. The number of rotatable bonds is 0. The Labute approximate surface area is 250 Å². The Morgan fingerprint density at radius 2 is 0.857 bits per heavy atom. The number of hydrogen-bond acceptors (Lipinski definition) is 7. The molecule has 10 heteroatoms. The summed E-state index contributed by atoms with van der Waals surface area (Å²) >= 11 is 0.750. The van der Waals surface area contributed by atoms with Crippen LogP contribution in [0.5, 0.6) is 0 Å². The van der Waals surface area contributed by atoms with Gasteiger partial charge in [-0.2, -0.15) is 0 Å². The molecule has 3 aliphatic rings. The van der Waals surface area contributed by atoms with Gasteiger partial charge in [0, 0.05) is 45.6 Å². The van der Waals surface area contributed by atoms with Crippen molar-refractivity contribution >= 4 is 44.1 Å². The predicted molar refractivity (Wildman–Crippen MR) is 154 cm³/mol. The summed E-state index contributed by atoms with van der Waals surface area (Å²) in [5, 5.41) is 3.65. The first-order valence-electron chi connectivity index (χ1n) is 13.3. The third-order valence-electron chi connectivity index (χ3n) is 7.69. The molecule has 0 amide bonds. The van der Waals surface area contributed by atoms with Crippen molar-refractivity contribution < 1.29 is 23.7 Å². The second-order valence-corrected chi connectivity index (χ2v) is 10.0. The molecule has 3 aromatic heterocycles. The second kappa shape index (κ2) is 9.83. The fourth-order valence-electron chi connectivity index (χ4n) is 5.78. The minimum atomic E-state index is -0.0384. The van der Waals surface area contributed by atoms with Gasteiger partial charge in [0.25, 0.3) is 0 Å². The van der Waals surface area contributed by atoms with E-state index in [0.29, 0.717) is 45.9 Å². The van der Waals surface area contributed by atoms with Crippen molar-refractivity contribution in [2.45, 2.75) is 11.8 Å². The van der Waals surface area contributed by atoms with Crippen LogP contribution in [0.3, 0.4) is 0 Å². The number of benzene rings is 3. The Bertz CT molecular complexity index is 2130. The molecule has 42 heavy (non-hydrogen) atoms. The second-order valence-electron chi connectivity index (χ2n) is 10.0. The molecule has 1 aliphatic carbocycles. The maximum absolute atomic E-state index is 8.25. The monoisotopic (exact) mass is 578 g/mol. The molecule has 2 aliphatic heterocycles. The van der Waals surface area contributed by atoms with Crippen molar-refractivity contribution in [3.8, 4) is 22.8 Å². The molecule has 3 aromatic carbocycles. The molecule has 9 nitrogen and oxygen atoms in total. The minimum absolute atomic E-state index is 0.0384. The van der Waals surface area contributed by atoms with Gasteiger partial charge in [-0.15, -0.1) is 0 Å². The summed E-state index contributed by atoms with van der Waals surface area (Å²) < 4.78 is 8.25. The van der Waals surface area contributed by atoms with Crippen molar-refractivity contribution in [2.24, 2.45) is 0 Å². The van der Waals surface area contributed by atoms with Crippen LogP contribution in [0.2, 0.25) is 0 Å². The standard InChI is InChI=1S/C32H18N8.O.Ti/c1-2-10-18-17(9-1)25-33-26(18)38-28-21-13-5-6-14-22(21)30(35-28)40-32-24-16-8-7-15-23(24)31(36-32)39-29-20-12-4-3-11-19(20)27(34-29)37-25;;/h1-18H;;/q-2;;+2. The van der Waals surface area contributed by atoms with Gasteiger partial charge in [0.2, 0.25) is 0 Å². The number of hydrogen-bond donors (Lipinski definition) is 0. The average molecular weight is 578 g/mol. The van der Waals surface area contributed by atoms with Crippen LogP contribution >= 0.6 is 0 Å². The van der Waals surface area contributed by atoms with Crippen LogP contribution in [-0.4, -0.2) is 29.9 Å². The molecule has 0 fully saturated rings. The molecule has 8 bridgehead atoms. The molecule has 0 saturated carbocycles. The van der Waals surface area contributed by atoms with Gasteiger partial charge in [-0.1, -0.05) is 97.1 Å². The van der Waals surface area contributed by atoms with Crippen LogP contribution in [0, 0.1) is 0 Å². The van der Waals surface area contributed by atoms with Gasteiger partial charge in [-0.05, 0) is 21.5 Å². The number of allylic oxidation sites excluding steroid dienone is 4. The molecular formula is C32H18N8OTi. The van der Waals surface area contributed by atoms with Crippen LogP contribution in [0.15, 0.2) is 97.1 Å². The SMILES string of the molecule is C1=CC2c3nc(nc4[n-]c(nc5nc(nc6[n-]c(n3)c3ccccc63)-c3ccccc3-5)c3ccccc43)C2C=C1.[O]=[Ti+2]. The average Bonchev–Trinajstić information content (AvgIpc) is 3.78. The van der Waals surface area contributed by atoms with Gasteiger partial charge in [0.15, 0.2) is 0 Å².